The fraction of sp³-hybridized carbons (Fsp3) is 0.500. The van der Waals surface area contributed by atoms with E-state index in [1.807, 2.05) is 17.7 Å². The van der Waals surface area contributed by atoms with Gasteiger partial charge in [0.25, 0.3) is 0 Å². The lowest BCUT2D eigenvalue weighted by atomic mass is 10.0. The first-order valence-corrected chi connectivity index (χ1v) is 3.78. The van der Waals surface area contributed by atoms with Crippen molar-refractivity contribution in [3.05, 3.63) is 17.8 Å². The highest BCUT2D eigenvalue weighted by molar-refractivity contribution is 5.35. The van der Waals surface area contributed by atoms with Crippen LogP contribution in [0.15, 0.2) is 12.1 Å². The molecule has 0 radical (unpaired) electrons. The monoisotopic (exact) mass is 152 g/mol. The Labute approximate surface area is 65.8 Å². The van der Waals surface area contributed by atoms with E-state index in [0.29, 0.717) is 5.92 Å². The van der Waals surface area contributed by atoms with E-state index in [-0.39, 0.29) is 0 Å². The molecule has 60 valence electrons. The van der Waals surface area contributed by atoms with Crippen LogP contribution < -0.4 is 5.73 Å². The van der Waals surface area contributed by atoms with E-state index in [2.05, 4.69) is 6.07 Å². The fourth-order valence-corrected chi connectivity index (χ4v) is 1.36. The van der Waals surface area contributed by atoms with Gasteiger partial charge in [-0.1, -0.05) is 0 Å². The Balaban J connectivity index is 2.29. The standard InChI is InChI=1S/C8H12N2O/c1-10-7(2-3-8(10)9)6-4-11-5-6/h2-3,6H,4-5,9H2,1H3. The highest BCUT2D eigenvalue weighted by Gasteiger charge is 2.22. The fourth-order valence-electron chi connectivity index (χ4n) is 1.36. The Kier molecular flexibility index (Phi) is 1.39. The molecule has 3 heteroatoms. The van der Waals surface area contributed by atoms with Crippen molar-refractivity contribution in [2.24, 2.45) is 7.05 Å². The maximum atomic E-state index is 5.68. The van der Waals surface area contributed by atoms with Crippen LogP contribution >= 0.6 is 0 Å². The maximum Gasteiger partial charge on any atom is 0.103 e. The van der Waals surface area contributed by atoms with Gasteiger partial charge < -0.3 is 15.0 Å². The molecular weight excluding hydrogens is 140 g/mol. The molecule has 0 amide bonds. The van der Waals surface area contributed by atoms with Crippen molar-refractivity contribution in [2.75, 3.05) is 18.9 Å². The third-order valence-electron chi connectivity index (χ3n) is 2.26. The molecule has 2 N–H and O–H groups in total. The molecule has 3 nitrogen and oxygen atoms in total. The summed E-state index contributed by atoms with van der Waals surface area (Å²) in [6.45, 7) is 1.69. The van der Waals surface area contributed by atoms with E-state index in [1.54, 1.807) is 0 Å². The molecule has 1 aromatic rings. The lowest BCUT2D eigenvalue weighted by molar-refractivity contribution is 0.00571. The van der Waals surface area contributed by atoms with Gasteiger partial charge in [-0.25, -0.2) is 0 Å². The molecule has 0 aliphatic carbocycles. The Morgan fingerprint density at radius 2 is 2.27 bits per heavy atom. The maximum absolute atomic E-state index is 5.68. The van der Waals surface area contributed by atoms with Crippen molar-refractivity contribution >= 4 is 5.82 Å². The first-order valence-electron chi connectivity index (χ1n) is 3.78. The van der Waals surface area contributed by atoms with Crippen LogP contribution in [0.4, 0.5) is 5.82 Å². The topological polar surface area (TPSA) is 40.2 Å². The molecule has 1 aliphatic rings. The number of hydrogen-bond acceptors (Lipinski definition) is 2. The highest BCUT2D eigenvalue weighted by atomic mass is 16.5. The molecule has 1 saturated heterocycles. The van der Waals surface area contributed by atoms with Crippen LogP contribution in [-0.4, -0.2) is 17.8 Å². The van der Waals surface area contributed by atoms with Gasteiger partial charge in [-0.15, -0.1) is 0 Å². The molecule has 0 aromatic carbocycles. The average Bonchev–Trinajstić information content (AvgIpc) is 2.15. The zero-order valence-corrected chi connectivity index (χ0v) is 6.58. The molecular formula is C8H12N2O. The van der Waals surface area contributed by atoms with E-state index in [0.717, 1.165) is 19.0 Å². The highest BCUT2D eigenvalue weighted by Crippen LogP contribution is 2.25. The van der Waals surface area contributed by atoms with Gasteiger partial charge in [0, 0.05) is 18.7 Å². The van der Waals surface area contributed by atoms with Gasteiger partial charge in [0.2, 0.25) is 0 Å². The zero-order valence-electron chi connectivity index (χ0n) is 6.58. The molecule has 0 saturated carbocycles. The molecule has 2 rings (SSSR count). The number of aromatic nitrogens is 1. The smallest absolute Gasteiger partial charge is 0.103 e. The Bertz CT molecular complexity index is 263. The number of ether oxygens (including phenoxy) is 1. The van der Waals surface area contributed by atoms with Crippen molar-refractivity contribution in [1.29, 1.82) is 0 Å². The lowest BCUT2D eigenvalue weighted by Gasteiger charge is -2.26. The minimum atomic E-state index is 0.567. The molecule has 0 spiro atoms. The SMILES string of the molecule is Cn1c(N)ccc1C1COC1. The summed E-state index contributed by atoms with van der Waals surface area (Å²) >= 11 is 0. The summed E-state index contributed by atoms with van der Waals surface area (Å²) in [5.41, 5.74) is 6.97. The summed E-state index contributed by atoms with van der Waals surface area (Å²) in [6, 6.07) is 4.01. The molecule has 1 aliphatic heterocycles. The van der Waals surface area contributed by atoms with Crippen LogP contribution in [0.2, 0.25) is 0 Å². The van der Waals surface area contributed by atoms with Gasteiger partial charge in [-0.2, -0.15) is 0 Å². The molecule has 1 fully saturated rings. The van der Waals surface area contributed by atoms with E-state index in [1.165, 1.54) is 5.69 Å². The van der Waals surface area contributed by atoms with Crippen LogP contribution in [0.1, 0.15) is 11.6 Å². The van der Waals surface area contributed by atoms with Gasteiger partial charge in [-0.3, -0.25) is 0 Å². The largest absolute Gasteiger partial charge is 0.385 e. The van der Waals surface area contributed by atoms with Crippen LogP contribution in [0, 0.1) is 0 Å². The van der Waals surface area contributed by atoms with Crippen molar-refractivity contribution in [3.63, 3.8) is 0 Å². The first-order chi connectivity index (χ1) is 5.29. The predicted molar refractivity (Wildman–Crippen MR) is 43.4 cm³/mol. The van der Waals surface area contributed by atoms with Crippen LogP contribution in [-0.2, 0) is 11.8 Å². The van der Waals surface area contributed by atoms with E-state index < -0.39 is 0 Å². The molecule has 0 bridgehead atoms. The summed E-state index contributed by atoms with van der Waals surface area (Å²) in [6.07, 6.45) is 0. The Morgan fingerprint density at radius 3 is 2.64 bits per heavy atom. The van der Waals surface area contributed by atoms with E-state index >= 15 is 0 Å². The van der Waals surface area contributed by atoms with E-state index in [9.17, 15) is 0 Å². The Morgan fingerprint density at radius 1 is 1.55 bits per heavy atom. The quantitative estimate of drug-likeness (QED) is 0.644. The third-order valence-corrected chi connectivity index (χ3v) is 2.26. The predicted octanol–water partition coefficient (Wildman–Crippen LogP) is 0.721. The second-order valence-electron chi connectivity index (χ2n) is 2.98. The molecule has 0 atom stereocenters. The third kappa shape index (κ3) is 0.922. The van der Waals surface area contributed by atoms with Crippen molar-refractivity contribution in [1.82, 2.24) is 4.57 Å². The number of rotatable bonds is 1. The number of anilines is 1. The number of hydrogen-bond donors (Lipinski definition) is 1. The number of nitrogens with zero attached hydrogens (tertiary/aromatic N) is 1. The summed E-state index contributed by atoms with van der Waals surface area (Å²) < 4.78 is 7.12. The number of nitrogens with two attached hydrogens (primary N) is 1. The normalized spacial score (nSPS) is 18.3. The minimum Gasteiger partial charge on any atom is -0.385 e. The van der Waals surface area contributed by atoms with Crippen LogP contribution in [0.3, 0.4) is 0 Å². The summed E-state index contributed by atoms with van der Waals surface area (Å²) in [5, 5.41) is 0. The second-order valence-corrected chi connectivity index (χ2v) is 2.98. The lowest BCUT2D eigenvalue weighted by Crippen LogP contribution is -2.27. The van der Waals surface area contributed by atoms with Crippen LogP contribution in [0.5, 0.6) is 0 Å². The molecule has 2 heterocycles. The average molecular weight is 152 g/mol. The van der Waals surface area contributed by atoms with E-state index in [4.69, 9.17) is 10.5 Å². The first kappa shape index (κ1) is 6.73. The van der Waals surface area contributed by atoms with Crippen molar-refractivity contribution in [2.45, 2.75) is 5.92 Å². The van der Waals surface area contributed by atoms with Gasteiger partial charge in [-0.05, 0) is 12.1 Å². The van der Waals surface area contributed by atoms with Crippen LogP contribution in [0.25, 0.3) is 0 Å². The van der Waals surface area contributed by atoms with Crippen molar-refractivity contribution < 1.29 is 4.74 Å². The zero-order chi connectivity index (χ0) is 7.84. The summed E-state index contributed by atoms with van der Waals surface area (Å²) in [7, 11) is 1.99. The molecule has 11 heavy (non-hydrogen) atoms. The number of nitrogen functional groups attached to an aromatic ring is 1. The van der Waals surface area contributed by atoms with Gasteiger partial charge in [0.1, 0.15) is 5.82 Å². The second kappa shape index (κ2) is 2.27. The minimum absolute atomic E-state index is 0.567. The molecule has 0 unspecified atom stereocenters. The summed E-state index contributed by atoms with van der Waals surface area (Å²) in [5.74, 6) is 1.39. The van der Waals surface area contributed by atoms with Gasteiger partial charge in [0.15, 0.2) is 0 Å². The van der Waals surface area contributed by atoms with Gasteiger partial charge >= 0.3 is 0 Å². The van der Waals surface area contributed by atoms with Crippen molar-refractivity contribution in [3.8, 4) is 0 Å². The van der Waals surface area contributed by atoms with Gasteiger partial charge in [0.05, 0.1) is 13.2 Å². The molecule has 1 aromatic heterocycles. The summed E-state index contributed by atoms with van der Waals surface area (Å²) in [4.78, 5) is 0. The Hall–Kier alpha value is -0.960.